The number of carbonyl (C=O) groups excluding carboxylic acids is 1. The highest BCUT2D eigenvalue weighted by atomic mass is 32.1. The van der Waals surface area contributed by atoms with Gasteiger partial charge < -0.3 is 4.74 Å². The van der Waals surface area contributed by atoms with Crippen LogP contribution >= 0.6 is 11.3 Å². The second-order valence-corrected chi connectivity index (χ2v) is 5.08. The van der Waals surface area contributed by atoms with Crippen LogP contribution in [0.25, 0.3) is 0 Å². The molecule has 18 heavy (non-hydrogen) atoms. The minimum absolute atomic E-state index is 0.121. The lowest BCUT2D eigenvalue weighted by molar-refractivity contribution is 0.0250. The van der Waals surface area contributed by atoms with Gasteiger partial charge in [0.1, 0.15) is 6.10 Å². The number of fused-ring (bicyclic) bond motifs is 1. The number of nitrogens with zero attached hydrogens (tertiary/aromatic N) is 1. The first-order valence-corrected chi connectivity index (χ1v) is 6.96. The molecule has 0 radical (unpaired) electrons. The predicted octanol–water partition coefficient (Wildman–Crippen LogP) is 3.38. The summed E-state index contributed by atoms with van der Waals surface area (Å²) in [6.07, 6.45) is 2.91. The number of carbonyl (C=O) groups is 1. The van der Waals surface area contributed by atoms with Gasteiger partial charge in [0, 0.05) is 5.38 Å². The molecule has 2 aromatic rings. The molecule has 1 aromatic carbocycles. The maximum atomic E-state index is 11.9. The van der Waals surface area contributed by atoms with Crippen molar-refractivity contribution in [1.82, 2.24) is 4.98 Å². The van der Waals surface area contributed by atoms with Gasteiger partial charge in [0.2, 0.25) is 0 Å². The SMILES string of the molecule is O=C(OC1CCCc2ccccc21)c1cscn1. The summed E-state index contributed by atoms with van der Waals surface area (Å²) in [7, 11) is 0. The van der Waals surface area contributed by atoms with Crippen LogP contribution in [0.5, 0.6) is 0 Å². The second-order valence-electron chi connectivity index (χ2n) is 4.36. The summed E-state index contributed by atoms with van der Waals surface area (Å²) >= 11 is 1.40. The average Bonchev–Trinajstić information content (AvgIpc) is 2.93. The highest BCUT2D eigenvalue weighted by molar-refractivity contribution is 7.07. The molecule has 1 aromatic heterocycles. The molecule has 0 bridgehead atoms. The summed E-state index contributed by atoms with van der Waals surface area (Å²) in [4.78, 5) is 15.9. The number of hydrogen-bond donors (Lipinski definition) is 0. The second kappa shape index (κ2) is 4.90. The van der Waals surface area contributed by atoms with Crippen molar-refractivity contribution in [3.05, 3.63) is 52.0 Å². The van der Waals surface area contributed by atoms with E-state index in [1.165, 1.54) is 16.9 Å². The Kier molecular flexibility index (Phi) is 3.11. The largest absolute Gasteiger partial charge is 0.453 e. The highest BCUT2D eigenvalue weighted by Gasteiger charge is 2.24. The number of esters is 1. The smallest absolute Gasteiger partial charge is 0.358 e. The molecule has 1 heterocycles. The normalized spacial score (nSPS) is 18.1. The summed E-state index contributed by atoms with van der Waals surface area (Å²) in [5.74, 6) is -0.321. The third-order valence-corrected chi connectivity index (χ3v) is 3.79. The molecule has 1 atom stereocenters. The van der Waals surface area contributed by atoms with Crippen LogP contribution in [-0.4, -0.2) is 11.0 Å². The molecular formula is C14H13NO2S. The first-order chi connectivity index (χ1) is 8.84. The first kappa shape index (κ1) is 11.4. The number of aryl methyl sites for hydroxylation is 1. The van der Waals surface area contributed by atoms with Crippen LogP contribution in [0.3, 0.4) is 0 Å². The van der Waals surface area contributed by atoms with Gasteiger partial charge in [-0.25, -0.2) is 9.78 Å². The molecule has 3 nitrogen and oxygen atoms in total. The molecule has 3 rings (SSSR count). The van der Waals surface area contributed by atoms with E-state index in [9.17, 15) is 4.79 Å². The number of aromatic nitrogens is 1. The van der Waals surface area contributed by atoms with E-state index in [-0.39, 0.29) is 12.1 Å². The molecule has 0 amide bonds. The Morgan fingerprint density at radius 3 is 3.11 bits per heavy atom. The van der Waals surface area contributed by atoms with Gasteiger partial charge in [-0.15, -0.1) is 11.3 Å². The lowest BCUT2D eigenvalue weighted by Gasteiger charge is -2.25. The summed E-state index contributed by atoms with van der Waals surface area (Å²) in [6.45, 7) is 0. The number of benzene rings is 1. The lowest BCUT2D eigenvalue weighted by Crippen LogP contribution is -2.17. The van der Waals surface area contributed by atoms with Crippen molar-refractivity contribution in [2.24, 2.45) is 0 Å². The van der Waals surface area contributed by atoms with Crippen molar-refractivity contribution in [3.8, 4) is 0 Å². The molecule has 92 valence electrons. The van der Waals surface area contributed by atoms with E-state index in [1.54, 1.807) is 10.9 Å². The van der Waals surface area contributed by atoms with Crippen LogP contribution in [0.1, 0.15) is 40.6 Å². The summed E-state index contributed by atoms with van der Waals surface area (Å²) in [5.41, 5.74) is 4.49. The van der Waals surface area contributed by atoms with Crippen LogP contribution in [0.2, 0.25) is 0 Å². The van der Waals surface area contributed by atoms with Gasteiger partial charge in [-0.05, 0) is 30.4 Å². The fourth-order valence-corrected chi connectivity index (χ4v) is 2.86. The van der Waals surface area contributed by atoms with Gasteiger partial charge in [0.25, 0.3) is 0 Å². The van der Waals surface area contributed by atoms with Gasteiger partial charge in [-0.1, -0.05) is 24.3 Å². The van der Waals surface area contributed by atoms with Crippen molar-refractivity contribution in [2.45, 2.75) is 25.4 Å². The third-order valence-electron chi connectivity index (χ3n) is 3.21. The molecule has 1 aliphatic rings. The summed E-state index contributed by atoms with van der Waals surface area (Å²) in [5, 5.41) is 1.72. The van der Waals surface area contributed by atoms with Crippen LogP contribution in [0.4, 0.5) is 0 Å². The standard InChI is InChI=1S/C14H13NO2S/c16-14(12-8-18-9-15-12)17-13-7-3-5-10-4-1-2-6-11(10)13/h1-2,4,6,8-9,13H,3,5,7H2. The van der Waals surface area contributed by atoms with Crippen LogP contribution in [0.15, 0.2) is 35.2 Å². The molecule has 0 fully saturated rings. The van der Waals surface area contributed by atoms with E-state index in [2.05, 4.69) is 11.1 Å². The van der Waals surface area contributed by atoms with Crippen LogP contribution < -0.4 is 0 Å². The monoisotopic (exact) mass is 259 g/mol. The molecule has 0 saturated heterocycles. The van der Waals surface area contributed by atoms with E-state index >= 15 is 0 Å². The van der Waals surface area contributed by atoms with E-state index in [0.717, 1.165) is 24.8 Å². The van der Waals surface area contributed by atoms with Crippen molar-refractivity contribution >= 4 is 17.3 Å². The van der Waals surface area contributed by atoms with Gasteiger partial charge >= 0.3 is 5.97 Å². The van der Waals surface area contributed by atoms with E-state index < -0.39 is 0 Å². The molecule has 4 heteroatoms. The number of ether oxygens (including phenoxy) is 1. The zero-order chi connectivity index (χ0) is 12.4. The van der Waals surface area contributed by atoms with Crippen molar-refractivity contribution in [3.63, 3.8) is 0 Å². The summed E-state index contributed by atoms with van der Waals surface area (Å²) in [6, 6.07) is 8.18. The Labute approximate surface area is 109 Å². The molecule has 1 aliphatic carbocycles. The van der Waals surface area contributed by atoms with Crippen LogP contribution in [-0.2, 0) is 11.2 Å². The molecule has 0 N–H and O–H groups in total. The number of hydrogen-bond acceptors (Lipinski definition) is 4. The minimum atomic E-state index is -0.321. The number of thiazole rings is 1. The maximum absolute atomic E-state index is 11.9. The average molecular weight is 259 g/mol. The van der Waals surface area contributed by atoms with Gasteiger partial charge in [-0.3, -0.25) is 0 Å². The maximum Gasteiger partial charge on any atom is 0.358 e. The Morgan fingerprint density at radius 2 is 2.28 bits per heavy atom. The predicted molar refractivity (Wildman–Crippen MR) is 69.7 cm³/mol. The fourth-order valence-electron chi connectivity index (χ4n) is 2.33. The van der Waals surface area contributed by atoms with E-state index in [1.807, 2.05) is 18.2 Å². The zero-order valence-corrected chi connectivity index (χ0v) is 10.7. The van der Waals surface area contributed by atoms with Crippen molar-refractivity contribution in [2.75, 3.05) is 0 Å². The lowest BCUT2D eigenvalue weighted by atomic mass is 9.89. The Bertz CT molecular complexity index is 551. The topological polar surface area (TPSA) is 39.2 Å². The molecule has 0 aliphatic heterocycles. The quantitative estimate of drug-likeness (QED) is 0.776. The van der Waals surface area contributed by atoms with Gasteiger partial charge in [0.15, 0.2) is 5.69 Å². The summed E-state index contributed by atoms with van der Waals surface area (Å²) < 4.78 is 5.57. The molecule has 0 spiro atoms. The Hall–Kier alpha value is -1.68. The molecular weight excluding hydrogens is 246 g/mol. The van der Waals surface area contributed by atoms with Gasteiger partial charge in [-0.2, -0.15) is 0 Å². The molecule has 1 unspecified atom stereocenters. The Balaban J connectivity index is 1.80. The van der Waals surface area contributed by atoms with Gasteiger partial charge in [0.05, 0.1) is 5.51 Å². The number of rotatable bonds is 2. The fraction of sp³-hybridized carbons (Fsp3) is 0.286. The van der Waals surface area contributed by atoms with E-state index in [0.29, 0.717) is 5.69 Å². The minimum Gasteiger partial charge on any atom is -0.453 e. The Morgan fingerprint density at radius 1 is 1.39 bits per heavy atom. The van der Waals surface area contributed by atoms with Crippen molar-refractivity contribution in [1.29, 1.82) is 0 Å². The highest BCUT2D eigenvalue weighted by Crippen LogP contribution is 2.32. The first-order valence-electron chi connectivity index (χ1n) is 6.01. The molecule has 0 saturated carbocycles. The zero-order valence-electron chi connectivity index (χ0n) is 9.83. The van der Waals surface area contributed by atoms with Crippen LogP contribution in [0, 0.1) is 0 Å². The van der Waals surface area contributed by atoms with E-state index in [4.69, 9.17) is 4.74 Å². The third kappa shape index (κ3) is 2.16. The van der Waals surface area contributed by atoms with Crippen molar-refractivity contribution < 1.29 is 9.53 Å².